The zero-order valence-corrected chi connectivity index (χ0v) is 13.2. The normalized spacial score (nSPS) is 39.5. The fourth-order valence-electron chi connectivity index (χ4n) is 3.44. The average molecular weight is 327 g/mol. The molecule has 0 aromatic heterocycles. The minimum absolute atomic E-state index is 0.186. The van der Waals surface area contributed by atoms with Crippen LogP contribution in [-0.2, 0) is 38.1 Å². The first-order valence-corrected chi connectivity index (χ1v) is 7.11. The lowest BCUT2D eigenvalue weighted by Crippen LogP contribution is -2.95. The number of rotatable bonds is 4. The molecule has 126 valence electrons. The molecule has 23 heavy (non-hydrogen) atoms. The van der Waals surface area contributed by atoms with E-state index in [4.69, 9.17) is 23.7 Å². The molecule has 1 saturated heterocycles. The van der Waals surface area contributed by atoms with Gasteiger partial charge in [-0.1, -0.05) is 0 Å². The summed E-state index contributed by atoms with van der Waals surface area (Å²) in [5, 5.41) is 0. The molecule has 3 aliphatic rings. The Balaban J connectivity index is 1.95. The molecular formula is C14H17NO8. The second kappa shape index (κ2) is 4.92. The highest BCUT2D eigenvalue weighted by atomic mass is 16.8. The Labute approximate surface area is 131 Å². The molecule has 0 N–H and O–H groups in total. The number of hydrogen-bond acceptors (Lipinski definition) is 9. The van der Waals surface area contributed by atoms with Gasteiger partial charge in [-0.05, 0) is 0 Å². The summed E-state index contributed by atoms with van der Waals surface area (Å²) in [6.45, 7) is 5.17. The Kier molecular flexibility index (Phi) is 3.36. The number of esters is 3. The van der Waals surface area contributed by atoms with Crippen molar-refractivity contribution in [3.63, 3.8) is 0 Å². The largest absolute Gasteiger partial charge is 0.463 e. The lowest BCUT2D eigenvalue weighted by molar-refractivity contribution is -0.446. The first-order chi connectivity index (χ1) is 10.7. The summed E-state index contributed by atoms with van der Waals surface area (Å²) in [4.78, 5) is 38.4. The van der Waals surface area contributed by atoms with Crippen LogP contribution in [-0.4, -0.2) is 60.1 Å². The topological polar surface area (TPSA) is 110 Å². The van der Waals surface area contributed by atoms with Gasteiger partial charge in [0.15, 0.2) is 23.7 Å². The van der Waals surface area contributed by atoms with Gasteiger partial charge >= 0.3 is 17.9 Å². The molecule has 5 unspecified atom stereocenters. The second-order valence-electron chi connectivity index (χ2n) is 5.75. The minimum atomic E-state index is -1.22. The third-order valence-electron chi connectivity index (χ3n) is 4.22. The van der Waals surface area contributed by atoms with Crippen molar-refractivity contribution in [2.45, 2.75) is 57.3 Å². The molecule has 3 rings (SSSR count). The molecule has 0 aromatic carbocycles. The van der Waals surface area contributed by atoms with Gasteiger partial charge in [0.2, 0.25) is 11.8 Å². The zero-order valence-electron chi connectivity index (χ0n) is 13.2. The quantitative estimate of drug-likeness (QED) is 0.512. The number of carbonyl (C=O) groups excluding carboxylic acids is 3. The summed E-state index contributed by atoms with van der Waals surface area (Å²) in [5.41, 5.74) is -2.29. The molecular weight excluding hydrogens is 310 g/mol. The zero-order chi connectivity index (χ0) is 17.0. The summed E-state index contributed by atoms with van der Waals surface area (Å²) in [7, 11) is 0. The average Bonchev–Trinajstić information content (AvgIpc) is 2.71. The van der Waals surface area contributed by atoms with E-state index >= 15 is 0 Å². The van der Waals surface area contributed by atoms with Crippen LogP contribution in [0.4, 0.5) is 0 Å². The van der Waals surface area contributed by atoms with Crippen molar-refractivity contribution in [3.8, 4) is 0 Å². The van der Waals surface area contributed by atoms with Crippen molar-refractivity contribution < 1.29 is 38.1 Å². The van der Waals surface area contributed by atoms with Crippen LogP contribution in [0.3, 0.4) is 0 Å². The smallest absolute Gasteiger partial charge is 0.303 e. The van der Waals surface area contributed by atoms with E-state index in [9.17, 15) is 14.4 Å². The number of aliphatic imine (C=N–C) groups is 1. The highest BCUT2D eigenvalue weighted by Gasteiger charge is 2.91. The highest BCUT2D eigenvalue weighted by Crippen LogP contribution is 2.64. The van der Waals surface area contributed by atoms with Gasteiger partial charge in [0.25, 0.3) is 0 Å². The standard InChI is InChI=1S/C14H17NO8/c1-6-15-14-11(22-9(4)18)10(21-8(3)17)13(14,5-19-7(2)16)23-12(14)20-6/h10-12H,5H2,1-4H3. The summed E-state index contributed by atoms with van der Waals surface area (Å²) >= 11 is 0. The summed E-state index contributed by atoms with van der Waals surface area (Å²) in [6, 6.07) is 0. The Morgan fingerprint density at radius 3 is 2.22 bits per heavy atom. The Hall–Kier alpha value is -2.16. The molecule has 2 aliphatic heterocycles. The Bertz CT molecular complexity index is 616. The molecule has 0 amide bonds. The van der Waals surface area contributed by atoms with Crippen LogP contribution in [0.2, 0.25) is 0 Å². The Morgan fingerprint density at radius 2 is 1.70 bits per heavy atom. The SMILES string of the molecule is CC(=O)OCC12OC3OC(C)=NC31C(OC(C)=O)C2OC(C)=O. The lowest BCUT2D eigenvalue weighted by atomic mass is 9.53. The minimum Gasteiger partial charge on any atom is -0.463 e. The van der Waals surface area contributed by atoms with Gasteiger partial charge in [0, 0.05) is 27.7 Å². The van der Waals surface area contributed by atoms with Crippen LogP contribution in [0.5, 0.6) is 0 Å². The third-order valence-corrected chi connectivity index (χ3v) is 4.22. The van der Waals surface area contributed by atoms with Gasteiger partial charge in [0.1, 0.15) is 6.61 Å². The maximum atomic E-state index is 11.4. The van der Waals surface area contributed by atoms with Crippen LogP contribution < -0.4 is 0 Å². The molecule has 2 heterocycles. The van der Waals surface area contributed by atoms with E-state index in [2.05, 4.69) is 4.99 Å². The van der Waals surface area contributed by atoms with E-state index in [-0.39, 0.29) is 6.61 Å². The molecule has 5 atom stereocenters. The lowest BCUT2D eigenvalue weighted by Gasteiger charge is -2.69. The van der Waals surface area contributed by atoms with E-state index in [1.807, 2.05) is 0 Å². The molecule has 1 saturated carbocycles. The van der Waals surface area contributed by atoms with Crippen LogP contribution in [0.1, 0.15) is 27.7 Å². The fraction of sp³-hybridized carbons (Fsp3) is 0.714. The van der Waals surface area contributed by atoms with Crippen molar-refractivity contribution in [2.75, 3.05) is 6.61 Å². The monoisotopic (exact) mass is 327 g/mol. The number of carbonyl (C=O) groups is 3. The molecule has 1 aliphatic carbocycles. The van der Waals surface area contributed by atoms with Crippen molar-refractivity contribution in [2.24, 2.45) is 4.99 Å². The van der Waals surface area contributed by atoms with Crippen molar-refractivity contribution >= 4 is 23.8 Å². The molecule has 0 bridgehead atoms. The van der Waals surface area contributed by atoms with Gasteiger partial charge in [-0.2, -0.15) is 0 Å². The van der Waals surface area contributed by atoms with Crippen molar-refractivity contribution in [3.05, 3.63) is 0 Å². The van der Waals surface area contributed by atoms with E-state index < -0.39 is 47.5 Å². The molecule has 1 spiro atoms. The summed E-state index contributed by atoms with van der Waals surface area (Å²) in [5.74, 6) is -1.28. The van der Waals surface area contributed by atoms with Gasteiger partial charge in [-0.3, -0.25) is 14.4 Å². The highest BCUT2D eigenvalue weighted by molar-refractivity contribution is 5.78. The number of hydrogen-bond donors (Lipinski definition) is 0. The third kappa shape index (κ3) is 1.95. The van der Waals surface area contributed by atoms with Gasteiger partial charge in [-0.15, -0.1) is 0 Å². The second-order valence-corrected chi connectivity index (χ2v) is 5.75. The Morgan fingerprint density at radius 1 is 1.09 bits per heavy atom. The molecule has 9 heteroatoms. The van der Waals surface area contributed by atoms with Crippen LogP contribution >= 0.6 is 0 Å². The first-order valence-electron chi connectivity index (χ1n) is 7.11. The van der Waals surface area contributed by atoms with E-state index in [1.54, 1.807) is 6.92 Å². The number of nitrogens with zero attached hydrogens (tertiary/aromatic N) is 1. The van der Waals surface area contributed by atoms with Crippen molar-refractivity contribution in [1.82, 2.24) is 0 Å². The van der Waals surface area contributed by atoms with E-state index in [0.717, 1.165) is 0 Å². The number of ether oxygens (including phenoxy) is 5. The van der Waals surface area contributed by atoms with Gasteiger partial charge in [-0.25, -0.2) is 4.99 Å². The molecule has 9 nitrogen and oxygen atoms in total. The molecule has 0 radical (unpaired) electrons. The summed E-state index contributed by atoms with van der Waals surface area (Å²) in [6.07, 6.45) is -2.57. The predicted octanol–water partition coefficient (Wildman–Crippen LogP) is -0.291. The molecule has 2 fully saturated rings. The first kappa shape index (κ1) is 15.7. The van der Waals surface area contributed by atoms with Gasteiger partial charge in [0.05, 0.1) is 0 Å². The fourth-order valence-corrected chi connectivity index (χ4v) is 3.44. The summed E-state index contributed by atoms with van der Waals surface area (Å²) < 4.78 is 26.7. The van der Waals surface area contributed by atoms with Crippen LogP contribution in [0.15, 0.2) is 4.99 Å². The van der Waals surface area contributed by atoms with Crippen molar-refractivity contribution in [1.29, 1.82) is 0 Å². The van der Waals surface area contributed by atoms with Crippen LogP contribution in [0.25, 0.3) is 0 Å². The van der Waals surface area contributed by atoms with E-state index in [1.165, 1.54) is 20.8 Å². The maximum Gasteiger partial charge on any atom is 0.303 e. The predicted molar refractivity (Wildman–Crippen MR) is 72.3 cm³/mol. The maximum absolute atomic E-state index is 11.4. The molecule has 0 aromatic rings. The van der Waals surface area contributed by atoms with Crippen LogP contribution in [0, 0.1) is 0 Å². The van der Waals surface area contributed by atoms with E-state index in [0.29, 0.717) is 5.90 Å². The van der Waals surface area contributed by atoms with Gasteiger partial charge < -0.3 is 23.7 Å².